The number of nitrogens with zero attached hydrogens (tertiary/aromatic N) is 3. The largest absolute Gasteiger partial charge is 0.495 e. The van der Waals surface area contributed by atoms with Gasteiger partial charge in [-0.2, -0.15) is 10.1 Å². The maximum Gasteiger partial charge on any atom is 0.249 e. The first-order valence-corrected chi connectivity index (χ1v) is 7.60. The van der Waals surface area contributed by atoms with Gasteiger partial charge in [-0.1, -0.05) is 24.3 Å². The lowest BCUT2D eigenvalue weighted by Gasteiger charge is -2.12. The molecule has 6 nitrogen and oxygen atoms in total. The molecule has 0 unspecified atom stereocenters. The van der Waals surface area contributed by atoms with Crippen LogP contribution in [-0.4, -0.2) is 22.3 Å². The third-order valence-electron chi connectivity index (χ3n) is 3.78. The summed E-state index contributed by atoms with van der Waals surface area (Å²) in [4.78, 5) is 4.46. The van der Waals surface area contributed by atoms with Gasteiger partial charge in [0.2, 0.25) is 5.95 Å². The lowest BCUT2D eigenvalue weighted by atomic mass is 10.1. The van der Waals surface area contributed by atoms with Crippen LogP contribution >= 0.6 is 0 Å². The van der Waals surface area contributed by atoms with Gasteiger partial charge < -0.3 is 15.4 Å². The van der Waals surface area contributed by atoms with E-state index < -0.39 is 0 Å². The number of aryl methyl sites for hydroxylation is 1. The third-order valence-corrected chi connectivity index (χ3v) is 3.78. The van der Waals surface area contributed by atoms with E-state index in [4.69, 9.17) is 4.74 Å². The van der Waals surface area contributed by atoms with Gasteiger partial charge in [0, 0.05) is 5.69 Å². The highest BCUT2D eigenvalue weighted by Crippen LogP contribution is 2.26. The Morgan fingerprint density at radius 1 is 0.917 bits per heavy atom. The molecule has 0 atom stereocenters. The predicted molar refractivity (Wildman–Crippen MR) is 95.3 cm³/mol. The molecule has 1 aromatic heterocycles. The topological polar surface area (TPSA) is 72.0 Å². The summed E-state index contributed by atoms with van der Waals surface area (Å²) in [5.74, 6) is 1.76. The van der Waals surface area contributed by atoms with E-state index in [-0.39, 0.29) is 0 Å². The summed E-state index contributed by atoms with van der Waals surface area (Å²) in [5, 5.41) is 14.5. The number of aromatic nitrogens is 3. The Morgan fingerprint density at radius 3 is 2.54 bits per heavy atom. The molecule has 0 amide bonds. The quantitative estimate of drug-likeness (QED) is 0.740. The van der Waals surface area contributed by atoms with Crippen molar-refractivity contribution in [2.45, 2.75) is 13.8 Å². The van der Waals surface area contributed by atoms with E-state index in [1.807, 2.05) is 36.4 Å². The minimum Gasteiger partial charge on any atom is -0.495 e. The molecule has 0 saturated carbocycles. The van der Waals surface area contributed by atoms with E-state index in [1.165, 1.54) is 5.56 Å². The molecule has 0 aliphatic carbocycles. The van der Waals surface area contributed by atoms with E-state index in [1.54, 1.807) is 13.3 Å². The summed E-state index contributed by atoms with van der Waals surface area (Å²) in [5.41, 5.74) is 4.14. The van der Waals surface area contributed by atoms with Crippen LogP contribution in [0, 0.1) is 13.8 Å². The molecule has 0 radical (unpaired) electrons. The summed E-state index contributed by atoms with van der Waals surface area (Å²) in [7, 11) is 1.63. The Kier molecular flexibility index (Phi) is 4.56. The SMILES string of the molecule is COc1ccccc1Nc1cnnc(Nc2cccc(C)c2C)n1. The number of hydrogen-bond donors (Lipinski definition) is 2. The summed E-state index contributed by atoms with van der Waals surface area (Å²) in [6, 6.07) is 13.7. The summed E-state index contributed by atoms with van der Waals surface area (Å²) >= 11 is 0. The van der Waals surface area contributed by atoms with Crippen molar-refractivity contribution in [3.63, 3.8) is 0 Å². The fourth-order valence-electron chi connectivity index (χ4n) is 2.31. The van der Waals surface area contributed by atoms with Gasteiger partial charge >= 0.3 is 0 Å². The van der Waals surface area contributed by atoms with Gasteiger partial charge in [0.1, 0.15) is 5.75 Å². The van der Waals surface area contributed by atoms with E-state index in [2.05, 4.69) is 45.7 Å². The van der Waals surface area contributed by atoms with Crippen molar-refractivity contribution in [3.8, 4) is 5.75 Å². The summed E-state index contributed by atoms with van der Waals surface area (Å²) < 4.78 is 5.33. The van der Waals surface area contributed by atoms with Crippen molar-refractivity contribution < 1.29 is 4.74 Å². The van der Waals surface area contributed by atoms with Crippen LogP contribution in [0.1, 0.15) is 11.1 Å². The van der Waals surface area contributed by atoms with Gasteiger partial charge in [-0.3, -0.25) is 0 Å². The normalized spacial score (nSPS) is 10.3. The zero-order valence-corrected chi connectivity index (χ0v) is 13.9. The van der Waals surface area contributed by atoms with Gasteiger partial charge in [0.25, 0.3) is 0 Å². The fraction of sp³-hybridized carbons (Fsp3) is 0.167. The number of ether oxygens (including phenoxy) is 1. The average molecular weight is 321 g/mol. The maximum absolute atomic E-state index is 5.33. The number of anilines is 4. The Labute approximate surface area is 140 Å². The first kappa shape index (κ1) is 15.7. The number of benzene rings is 2. The Morgan fingerprint density at radius 2 is 1.71 bits per heavy atom. The molecule has 0 fully saturated rings. The van der Waals surface area contributed by atoms with Crippen LogP contribution in [0.5, 0.6) is 5.75 Å². The van der Waals surface area contributed by atoms with Crippen LogP contribution in [0.15, 0.2) is 48.7 Å². The molecule has 1 heterocycles. The number of hydrogen-bond acceptors (Lipinski definition) is 6. The predicted octanol–water partition coefficient (Wildman–Crippen LogP) is 3.98. The fourth-order valence-corrected chi connectivity index (χ4v) is 2.31. The molecular formula is C18H19N5O. The lowest BCUT2D eigenvalue weighted by molar-refractivity contribution is 0.417. The van der Waals surface area contributed by atoms with Crippen LogP contribution < -0.4 is 15.4 Å². The van der Waals surface area contributed by atoms with Crippen molar-refractivity contribution in [1.29, 1.82) is 0 Å². The van der Waals surface area contributed by atoms with Crippen molar-refractivity contribution in [1.82, 2.24) is 15.2 Å². The van der Waals surface area contributed by atoms with Crippen LogP contribution in [0.25, 0.3) is 0 Å². The van der Waals surface area contributed by atoms with Crippen molar-refractivity contribution in [2.75, 3.05) is 17.7 Å². The lowest BCUT2D eigenvalue weighted by Crippen LogP contribution is -2.04. The maximum atomic E-state index is 5.33. The minimum absolute atomic E-state index is 0.434. The Hall–Kier alpha value is -3.15. The number of rotatable bonds is 5. The zero-order valence-electron chi connectivity index (χ0n) is 13.9. The average Bonchev–Trinajstić information content (AvgIpc) is 2.60. The van der Waals surface area contributed by atoms with Gasteiger partial charge in [-0.05, 0) is 43.2 Å². The van der Waals surface area contributed by atoms with Crippen molar-refractivity contribution in [2.24, 2.45) is 0 Å². The number of nitrogens with one attached hydrogen (secondary N) is 2. The first-order chi connectivity index (χ1) is 11.7. The second-order valence-corrected chi connectivity index (χ2v) is 5.36. The molecular weight excluding hydrogens is 302 g/mol. The van der Waals surface area contributed by atoms with Crippen molar-refractivity contribution >= 4 is 23.1 Å². The minimum atomic E-state index is 0.434. The standard InChI is InChI=1S/C18H19N5O/c1-12-7-6-9-14(13(12)2)21-18-22-17(11-19-23-18)20-15-8-4-5-10-16(15)24-3/h4-11H,1-3H3,(H2,20,21,22,23). The summed E-state index contributed by atoms with van der Waals surface area (Å²) in [6.07, 6.45) is 1.57. The summed E-state index contributed by atoms with van der Waals surface area (Å²) in [6.45, 7) is 4.13. The van der Waals surface area contributed by atoms with Gasteiger partial charge in [-0.15, -0.1) is 5.10 Å². The van der Waals surface area contributed by atoms with Gasteiger partial charge in [-0.25, -0.2) is 0 Å². The molecule has 0 aliphatic heterocycles. The van der Waals surface area contributed by atoms with Crippen LogP contribution in [0.4, 0.5) is 23.1 Å². The van der Waals surface area contributed by atoms with Crippen molar-refractivity contribution in [3.05, 3.63) is 59.8 Å². The molecule has 0 bridgehead atoms. The zero-order chi connectivity index (χ0) is 16.9. The van der Waals surface area contributed by atoms with E-state index in [9.17, 15) is 0 Å². The second kappa shape index (κ2) is 6.95. The highest BCUT2D eigenvalue weighted by atomic mass is 16.5. The van der Waals surface area contributed by atoms with Gasteiger partial charge in [0.05, 0.1) is 19.0 Å². The molecule has 3 aromatic rings. The van der Waals surface area contributed by atoms with E-state index >= 15 is 0 Å². The van der Waals surface area contributed by atoms with Crippen LogP contribution in [0.3, 0.4) is 0 Å². The molecule has 2 aromatic carbocycles. The van der Waals surface area contributed by atoms with E-state index in [0.717, 1.165) is 22.7 Å². The molecule has 0 spiro atoms. The van der Waals surface area contributed by atoms with E-state index in [0.29, 0.717) is 11.8 Å². The molecule has 0 saturated heterocycles. The van der Waals surface area contributed by atoms with Crippen LogP contribution in [0.2, 0.25) is 0 Å². The number of para-hydroxylation sites is 2. The molecule has 6 heteroatoms. The Balaban J connectivity index is 1.83. The molecule has 0 aliphatic rings. The number of methoxy groups -OCH3 is 1. The highest BCUT2D eigenvalue weighted by molar-refractivity contribution is 5.65. The van der Waals surface area contributed by atoms with Crippen LogP contribution in [-0.2, 0) is 0 Å². The molecule has 3 rings (SSSR count). The third kappa shape index (κ3) is 3.43. The molecule has 2 N–H and O–H groups in total. The smallest absolute Gasteiger partial charge is 0.249 e. The highest BCUT2D eigenvalue weighted by Gasteiger charge is 2.07. The van der Waals surface area contributed by atoms with Gasteiger partial charge in [0.15, 0.2) is 5.82 Å². The first-order valence-electron chi connectivity index (χ1n) is 7.60. The monoisotopic (exact) mass is 321 g/mol. The molecule has 122 valence electrons. The second-order valence-electron chi connectivity index (χ2n) is 5.36. The Bertz CT molecular complexity index is 850. The molecule has 24 heavy (non-hydrogen) atoms.